The molecule has 0 spiro atoms. The summed E-state index contributed by atoms with van der Waals surface area (Å²) in [6, 6.07) is 8.94. The van der Waals surface area contributed by atoms with E-state index in [1.165, 1.54) is 37.4 Å². The minimum atomic E-state index is -4.86. The Kier molecular flexibility index (Phi) is 6.43. The van der Waals surface area contributed by atoms with Crippen LogP contribution < -0.4 is 14.9 Å². The molecule has 3 aromatic rings. The fraction of sp³-hybridized carbons (Fsp3) is 0.400. The molecule has 0 radical (unpaired) electrons. The van der Waals surface area contributed by atoms with Crippen molar-refractivity contribution in [1.82, 2.24) is 9.80 Å². The maximum absolute atomic E-state index is 14.1. The van der Waals surface area contributed by atoms with E-state index in [2.05, 4.69) is 4.90 Å². The second-order valence-corrected chi connectivity index (χ2v) is 8.56. The van der Waals surface area contributed by atoms with Gasteiger partial charge in [-0.15, -0.1) is 0 Å². The molecule has 7 nitrogen and oxygen atoms in total. The molecule has 1 aromatic heterocycles. The lowest BCUT2D eigenvalue weighted by Gasteiger charge is -2.32. The van der Waals surface area contributed by atoms with E-state index in [-0.39, 0.29) is 16.5 Å². The van der Waals surface area contributed by atoms with Crippen molar-refractivity contribution < 1.29 is 31.8 Å². The van der Waals surface area contributed by atoms with Gasteiger partial charge in [-0.1, -0.05) is 12.1 Å². The summed E-state index contributed by atoms with van der Waals surface area (Å²) >= 11 is 0. The second-order valence-electron chi connectivity index (χ2n) is 8.56. The van der Waals surface area contributed by atoms with Gasteiger partial charge >= 0.3 is 6.18 Å². The number of methoxy groups -OCH3 is 1. The standard InChI is InChI=1S/C25H25F3N2O5/c1-32-17-4-2-16(3-5-17)21-22(31)18-6-7-20-19(23(18)35-24(21)25(26,27)28)14-30(15-34-20)9-8-29-10-12-33-13-11-29/h2-7H,8-15H2,1H3. The number of ether oxygens (including phenoxy) is 3. The number of nitrogens with zero attached hydrogens (tertiary/aromatic N) is 2. The molecule has 5 rings (SSSR count). The van der Waals surface area contributed by atoms with Crippen LogP contribution in [0.1, 0.15) is 11.3 Å². The summed E-state index contributed by atoms with van der Waals surface area (Å²) in [5.41, 5.74) is -0.798. The Morgan fingerprint density at radius 3 is 2.40 bits per heavy atom. The van der Waals surface area contributed by atoms with E-state index >= 15 is 0 Å². The number of fused-ring (bicyclic) bond motifs is 3. The Balaban J connectivity index is 1.54. The van der Waals surface area contributed by atoms with Gasteiger partial charge in [-0.2, -0.15) is 13.2 Å². The highest BCUT2D eigenvalue weighted by Crippen LogP contribution is 2.40. The minimum Gasteiger partial charge on any atom is -0.497 e. The molecule has 2 aliphatic rings. The first-order chi connectivity index (χ1) is 16.8. The van der Waals surface area contributed by atoms with Crippen molar-refractivity contribution >= 4 is 11.0 Å². The molecular formula is C25H25F3N2O5. The molecule has 0 unspecified atom stereocenters. The van der Waals surface area contributed by atoms with Gasteiger partial charge in [-0.25, -0.2) is 0 Å². The van der Waals surface area contributed by atoms with Crippen molar-refractivity contribution in [1.29, 1.82) is 0 Å². The van der Waals surface area contributed by atoms with Gasteiger partial charge < -0.3 is 18.6 Å². The summed E-state index contributed by atoms with van der Waals surface area (Å²) in [5.74, 6) is -0.427. The molecule has 35 heavy (non-hydrogen) atoms. The lowest BCUT2D eigenvalue weighted by molar-refractivity contribution is -0.152. The number of halogens is 3. The molecule has 0 aliphatic carbocycles. The van der Waals surface area contributed by atoms with E-state index < -0.39 is 22.9 Å². The fourth-order valence-electron chi connectivity index (χ4n) is 4.48. The van der Waals surface area contributed by atoms with Crippen molar-refractivity contribution in [2.45, 2.75) is 12.7 Å². The molecule has 186 valence electrons. The minimum absolute atomic E-state index is 0.0844. The molecule has 1 saturated heterocycles. The summed E-state index contributed by atoms with van der Waals surface area (Å²) in [6.45, 7) is 5.13. The summed E-state index contributed by atoms with van der Waals surface area (Å²) in [4.78, 5) is 17.6. The van der Waals surface area contributed by atoms with Gasteiger partial charge in [0.15, 0.2) is 0 Å². The summed E-state index contributed by atoms with van der Waals surface area (Å²) in [7, 11) is 1.45. The average Bonchev–Trinajstić information content (AvgIpc) is 2.87. The molecule has 10 heteroatoms. The molecule has 0 amide bonds. The van der Waals surface area contributed by atoms with Gasteiger partial charge in [0.1, 0.15) is 23.8 Å². The number of hydrogen-bond acceptors (Lipinski definition) is 7. The van der Waals surface area contributed by atoms with Crippen LogP contribution in [0.15, 0.2) is 45.6 Å². The van der Waals surface area contributed by atoms with Crippen LogP contribution in [0.5, 0.6) is 11.5 Å². The van der Waals surface area contributed by atoms with Crippen molar-refractivity contribution in [2.75, 3.05) is 53.2 Å². The largest absolute Gasteiger partial charge is 0.497 e. The molecular weight excluding hydrogens is 465 g/mol. The Labute approximate surface area is 199 Å². The number of benzene rings is 2. The van der Waals surface area contributed by atoms with Crippen LogP contribution in [0.2, 0.25) is 0 Å². The van der Waals surface area contributed by atoms with Crippen molar-refractivity contribution in [3.05, 3.63) is 57.9 Å². The number of alkyl halides is 3. The number of morpholine rings is 1. The summed E-state index contributed by atoms with van der Waals surface area (Å²) in [5, 5.41) is 0.0844. The zero-order valence-corrected chi connectivity index (χ0v) is 19.2. The van der Waals surface area contributed by atoms with Crippen LogP contribution in [0.4, 0.5) is 13.2 Å². The molecule has 0 N–H and O–H groups in total. The molecule has 2 aromatic carbocycles. The van der Waals surface area contributed by atoms with E-state index in [9.17, 15) is 18.0 Å². The van der Waals surface area contributed by atoms with Gasteiger partial charge in [-0.3, -0.25) is 14.6 Å². The quantitative estimate of drug-likeness (QED) is 0.536. The van der Waals surface area contributed by atoms with E-state index in [1.54, 1.807) is 6.07 Å². The second kappa shape index (κ2) is 9.52. The highest BCUT2D eigenvalue weighted by molar-refractivity contribution is 5.87. The number of rotatable bonds is 5. The highest BCUT2D eigenvalue weighted by atomic mass is 19.4. The normalized spacial score (nSPS) is 17.3. The summed E-state index contributed by atoms with van der Waals surface area (Å²) < 4.78 is 64.1. The lowest BCUT2D eigenvalue weighted by Crippen LogP contribution is -2.43. The third kappa shape index (κ3) is 4.73. The van der Waals surface area contributed by atoms with Crippen molar-refractivity contribution in [3.8, 4) is 22.6 Å². The highest BCUT2D eigenvalue weighted by Gasteiger charge is 2.40. The van der Waals surface area contributed by atoms with Crippen molar-refractivity contribution in [2.24, 2.45) is 0 Å². The topological polar surface area (TPSA) is 64.4 Å². The van der Waals surface area contributed by atoms with Crippen LogP contribution in [0, 0.1) is 0 Å². The molecule has 0 atom stereocenters. The lowest BCUT2D eigenvalue weighted by atomic mass is 9.99. The first-order valence-corrected chi connectivity index (χ1v) is 11.3. The van der Waals surface area contributed by atoms with Crippen LogP contribution in [-0.2, 0) is 17.5 Å². The maximum atomic E-state index is 14.1. The predicted molar refractivity (Wildman–Crippen MR) is 123 cm³/mol. The fourth-order valence-corrected chi connectivity index (χ4v) is 4.48. The Hall–Kier alpha value is -3.08. The van der Waals surface area contributed by atoms with E-state index in [4.69, 9.17) is 18.6 Å². The van der Waals surface area contributed by atoms with Gasteiger partial charge in [0, 0.05) is 32.7 Å². The molecule has 0 saturated carbocycles. The molecule has 0 bridgehead atoms. The van der Waals surface area contributed by atoms with Crippen LogP contribution in [0.3, 0.4) is 0 Å². The summed E-state index contributed by atoms with van der Waals surface area (Å²) in [6.07, 6.45) is -4.86. The zero-order chi connectivity index (χ0) is 24.6. The first-order valence-electron chi connectivity index (χ1n) is 11.3. The van der Waals surface area contributed by atoms with Crippen LogP contribution >= 0.6 is 0 Å². The maximum Gasteiger partial charge on any atom is 0.450 e. The SMILES string of the molecule is COc1ccc(-c2c(C(F)(F)F)oc3c4c(ccc3c2=O)OCN(CCN2CCOCC2)C4)cc1. The zero-order valence-electron chi connectivity index (χ0n) is 19.2. The Morgan fingerprint density at radius 1 is 1.00 bits per heavy atom. The first kappa shape index (κ1) is 23.7. The number of hydrogen-bond donors (Lipinski definition) is 0. The smallest absolute Gasteiger partial charge is 0.450 e. The van der Waals surface area contributed by atoms with Gasteiger partial charge in [-0.05, 0) is 29.8 Å². The molecule has 1 fully saturated rings. The van der Waals surface area contributed by atoms with E-state index in [1.807, 2.05) is 4.90 Å². The Morgan fingerprint density at radius 2 is 1.71 bits per heavy atom. The van der Waals surface area contributed by atoms with Gasteiger partial charge in [0.25, 0.3) is 0 Å². The van der Waals surface area contributed by atoms with Crippen LogP contribution in [-0.4, -0.2) is 63.0 Å². The van der Waals surface area contributed by atoms with E-state index in [0.29, 0.717) is 50.1 Å². The third-order valence-electron chi connectivity index (χ3n) is 6.38. The Bertz CT molecular complexity index is 1270. The monoisotopic (exact) mass is 490 g/mol. The molecule has 2 aliphatic heterocycles. The van der Waals surface area contributed by atoms with E-state index in [0.717, 1.165) is 19.6 Å². The van der Waals surface area contributed by atoms with Crippen molar-refractivity contribution in [3.63, 3.8) is 0 Å². The van der Waals surface area contributed by atoms with Gasteiger partial charge in [0.2, 0.25) is 11.2 Å². The van der Waals surface area contributed by atoms with Gasteiger partial charge in [0.05, 0.1) is 36.8 Å². The third-order valence-corrected chi connectivity index (χ3v) is 6.38. The van der Waals surface area contributed by atoms with Crippen LogP contribution in [0.25, 0.3) is 22.1 Å². The predicted octanol–water partition coefficient (Wildman–Crippen LogP) is 3.97. The average molecular weight is 490 g/mol. The molecule has 3 heterocycles.